The third kappa shape index (κ3) is 2.47. The summed E-state index contributed by atoms with van der Waals surface area (Å²) in [6.07, 6.45) is 6.19. The molecule has 1 N–H and O–H groups in total. The summed E-state index contributed by atoms with van der Waals surface area (Å²) in [4.78, 5) is 23.1. The van der Waals surface area contributed by atoms with Crippen molar-refractivity contribution in [1.82, 2.24) is 4.57 Å². The number of rotatable bonds is 3. The van der Waals surface area contributed by atoms with Crippen LogP contribution in [-0.4, -0.2) is 15.6 Å². The van der Waals surface area contributed by atoms with E-state index in [2.05, 4.69) is 5.92 Å². The summed E-state index contributed by atoms with van der Waals surface area (Å²) < 4.78 is 15.2. The molecule has 0 saturated carbocycles. The molecule has 1 heterocycles. The molecule has 1 aromatic carbocycles. The van der Waals surface area contributed by atoms with Gasteiger partial charge in [0.15, 0.2) is 0 Å². The number of aromatic carboxylic acids is 1. The minimum Gasteiger partial charge on any atom is -0.477 e. The minimum atomic E-state index is -1.41. The number of aromatic nitrogens is 1. The van der Waals surface area contributed by atoms with Gasteiger partial charge >= 0.3 is 5.97 Å². The number of benzene rings is 1. The molecular formula is C15H9FN2O3. The van der Waals surface area contributed by atoms with Crippen molar-refractivity contribution in [3.8, 4) is 18.4 Å². The molecule has 0 aliphatic heterocycles. The third-order valence-electron chi connectivity index (χ3n) is 3.01. The van der Waals surface area contributed by atoms with E-state index < -0.39 is 22.8 Å². The first-order valence-electron chi connectivity index (χ1n) is 5.89. The van der Waals surface area contributed by atoms with Crippen molar-refractivity contribution in [2.24, 2.45) is 0 Å². The Labute approximate surface area is 118 Å². The van der Waals surface area contributed by atoms with Gasteiger partial charge in [-0.15, -0.1) is 6.42 Å². The summed E-state index contributed by atoms with van der Waals surface area (Å²) >= 11 is 0. The van der Waals surface area contributed by atoms with Gasteiger partial charge in [0, 0.05) is 17.1 Å². The zero-order valence-corrected chi connectivity index (χ0v) is 10.8. The number of nitrogens with zero attached hydrogens (tertiary/aromatic N) is 2. The van der Waals surface area contributed by atoms with Crippen molar-refractivity contribution in [2.75, 3.05) is 0 Å². The van der Waals surface area contributed by atoms with Crippen LogP contribution < -0.4 is 5.43 Å². The number of nitriles is 1. The van der Waals surface area contributed by atoms with Crippen LogP contribution in [0.2, 0.25) is 0 Å². The van der Waals surface area contributed by atoms with Gasteiger partial charge in [0.25, 0.3) is 0 Å². The molecule has 0 bridgehead atoms. The van der Waals surface area contributed by atoms with Crippen LogP contribution in [0.1, 0.15) is 15.9 Å². The van der Waals surface area contributed by atoms with E-state index in [1.54, 1.807) is 0 Å². The second kappa shape index (κ2) is 5.48. The fourth-order valence-electron chi connectivity index (χ4n) is 2.06. The highest BCUT2D eigenvalue weighted by atomic mass is 19.1. The summed E-state index contributed by atoms with van der Waals surface area (Å²) in [5.74, 6) is 0.203. The van der Waals surface area contributed by atoms with Crippen molar-refractivity contribution in [3.05, 3.63) is 45.5 Å². The Morgan fingerprint density at radius 2 is 2.19 bits per heavy atom. The smallest absolute Gasteiger partial charge is 0.341 e. The second-order valence-corrected chi connectivity index (χ2v) is 4.30. The highest BCUT2D eigenvalue weighted by Gasteiger charge is 2.16. The molecular weight excluding hydrogens is 275 g/mol. The number of terminal acetylenes is 1. The van der Waals surface area contributed by atoms with Crippen LogP contribution in [-0.2, 0) is 13.0 Å². The molecule has 6 heteroatoms. The number of halogens is 1. The summed E-state index contributed by atoms with van der Waals surface area (Å²) in [6.45, 7) is 0.0225. The molecule has 5 nitrogen and oxygen atoms in total. The molecule has 1 aromatic heterocycles. The Bertz CT molecular complexity index is 885. The van der Waals surface area contributed by atoms with Crippen LogP contribution in [0.5, 0.6) is 0 Å². The molecule has 104 valence electrons. The molecule has 0 aliphatic rings. The van der Waals surface area contributed by atoms with Gasteiger partial charge < -0.3 is 9.67 Å². The number of hydrogen-bond acceptors (Lipinski definition) is 3. The van der Waals surface area contributed by atoms with Crippen LogP contribution in [0.4, 0.5) is 4.39 Å². The van der Waals surface area contributed by atoms with Crippen molar-refractivity contribution >= 4 is 16.9 Å². The first kappa shape index (κ1) is 14.3. The minimum absolute atomic E-state index is 0.0225. The number of carboxylic acid groups (broad SMARTS) is 1. The second-order valence-electron chi connectivity index (χ2n) is 4.30. The average Bonchev–Trinajstić information content (AvgIpc) is 2.43. The van der Waals surface area contributed by atoms with Gasteiger partial charge in [0.1, 0.15) is 11.4 Å². The Morgan fingerprint density at radius 3 is 2.76 bits per heavy atom. The van der Waals surface area contributed by atoms with Gasteiger partial charge in [-0.2, -0.15) is 5.26 Å². The van der Waals surface area contributed by atoms with Crippen molar-refractivity contribution in [1.29, 1.82) is 5.26 Å². The Kier molecular flexibility index (Phi) is 3.73. The Hall–Kier alpha value is -3.12. The molecule has 0 atom stereocenters. The van der Waals surface area contributed by atoms with E-state index in [1.165, 1.54) is 10.6 Å². The first-order chi connectivity index (χ1) is 9.99. The first-order valence-corrected chi connectivity index (χ1v) is 5.89. The summed E-state index contributed by atoms with van der Waals surface area (Å²) in [7, 11) is 0. The largest absolute Gasteiger partial charge is 0.477 e. The lowest BCUT2D eigenvalue weighted by Crippen LogP contribution is -2.19. The maximum absolute atomic E-state index is 13.8. The lowest BCUT2D eigenvalue weighted by molar-refractivity contribution is 0.0695. The highest BCUT2D eigenvalue weighted by Crippen LogP contribution is 2.18. The molecule has 0 unspecified atom stereocenters. The highest BCUT2D eigenvalue weighted by molar-refractivity contribution is 5.92. The van der Waals surface area contributed by atoms with Gasteiger partial charge in [-0.1, -0.05) is 5.92 Å². The van der Waals surface area contributed by atoms with Crippen molar-refractivity contribution in [2.45, 2.75) is 13.0 Å². The zero-order chi connectivity index (χ0) is 15.6. The third-order valence-corrected chi connectivity index (χ3v) is 3.01. The lowest BCUT2D eigenvalue weighted by Gasteiger charge is -2.11. The summed E-state index contributed by atoms with van der Waals surface area (Å²) in [6, 6.07) is 4.12. The topological polar surface area (TPSA) is 83.1 Å². The number of pyridine rings is 1. The van der Waals surface area contributed by atoms with Crippen LogP contribution in [0, 0.1) is 29.5 Å². The number of carbonyl (C=O) groups is 1. The van der Waals surface area contributed by atoms with E-state index in [0.717, 1.165) is 12.3 Å². The Morgan fingerprint density at radius 1 is 1.48 bits per heavy atom. The molecule has 0 aliphatic carbocycles. The predicted molar refractivity (Wildman–Crippen MR) is 73.3 cm³/mol. The van der Waals surface area contributed by atoms with Crippen molar-refractivity contribution < 1.29 is 14.3 Å². The monoisotopic (exact) mass is 284 g/mol. The average molecular weight is 284 g/mol. The standard InChI is InChI=1S/C15H9FN2O3/c1-2-5-18-8-11(15(20)21)14(19)10-7-12(16)9(3-4-17)6-13(10)18/h1,6-8H,3,5H2,(H,20,21). The van der Waals surface area contributed by atoms with Gasteiger partial charge in [0.05, 0.1) is 24.6 Å². The predicted octanol–water partition coefficient (Wildman–Crippen LogP) is 1.54. The Balaban J connectivity index is 2.91. The van der Waals surface area contributed by atoms with Crippen LogP contribution >= 0.6 is 0 Å². The zero-order valence-electron chi connectivity index (χ0n) is 10.8. The van der Waals surface area contributed by atoms with Crippen LogP contribution in [0.25, 0.3) is 10.9 Å². The summed E-state index contributed by atoms with van der Waals surface area (Å²) in [5, 5.41) is 17.6. The van der Waals surface area contributed by atoms with Crippen LogP contribution in [0.15, 0.2) is 23.1 Å². The number of hydrogen-bond donors (Lipinski definition) is 1. The van der Waals surface area contributed by atoms with E-state index in [1.807, 2.05) is 6.07 Å². The fraction of sp³-hybridized carbons (Fsp3) is 0.133. The molecule has 0 amide bonds. The molecule has 21 heavy (non-hydrogen) atoms. The quantitative estimate of drug-likeness (QED) is 0.866. The molecule has 0 saturated heterocycles. The van der Waals surface area contributed by atoms with E-state index in [9.17, 15) is 14.0 Å². The molecule has 0 spiro atoms. The van der Waals surface area contributed by atoms with E-state index in [-0.39, 0.29) is 23.9 Å². The van der Waals surface area contributed by atoms with E-state index in [4.69, 9.17) is 16.8 Å². The maximum atomic E-state index is 13.8. The molecule has 2 aromatic rings. The number of fused-ring (bicyclic) bond motifs is 1. The van der Waals surface area contributed by atoms with Crippen LogP contribution in [0.3, 0.4) is 0 Å². The normalized spacial score (nSPS) is 10.0. The molecule has 2 rings (SSSR count). The lowest BCUT2D eigenvalue weighted by atomic mass is 10.1. The van der Waals surface area contributed by atoms with Gasteiger partial charge in [-0.3, -0.25) is 4.79 Å². The van der Waals surface area contributed by atoms with Crippen molar-refractivity contribution in [3.63, 3.8) is 0 Å². The molecule has 0 fully saturated rings. The van der Waals surface area contributed by atoms with Gasteiger partial charge in [-0.05, 0) is 12.1 Å². The van der Waals surface area contributed by atoms with Gasteiger partial charge in [-0.25, -0.2) is 9.18 Å². The maximum Gasteiger partial charge on any atom is 0.341 e. The van der Waals surface area contributed by atoms with E-state index >= 15 is 0 Å². The summed E-state index contributed by atoms with van der Waals surface area (Å²) in [5.41, 5.74) is -0.841. The SMILES string of the molecule is C#CCn1cc(C(=O)O)c(=O)c2cc(F)c(CC#N)cc21. The molecule has 0 radical (unpaired) electrons. The van der Waals surface area contributed by atoms with Gasteiger partial charge in [0.2, 0.25) is 5.43 Å². The fourth-order valence-corrected chi connectivity index (χ4v) is 2.06. The van der Waals surface area contributed by atoms with E-state index in [0.29, 0.717) is 5.52 Å². The number of carboxylic acids is 1.